The number of anilines is 1. The maximum Gasteiger partial charge on any atom is 0.451 e. The molecule has 1 aromatic heterocycles. The lowest BCUT2D eigenvalue weighted by molar-refractivity contribution is -0.144. The van der Waals surface area contributed by atoms with Crippen LogP contribution in [0.3, 0.4) is 0 Å². The number of aryl methyl sites for hydroxylation is 1. The lowest BCUT2D eigenvalue weighted by Gasteiger charge is -2.11. The molecule has 0 saturated carbocycles. The maximum absolute atomic E-state index is 13.6. The molecular weight excluding hydrogens is 286 g/mol. The summed E-state index contributed by atoms with van der Waals surface area (Å²) in [6.45, 7) is 3.72. The molecule has 0 bridgehead atoms. The predicted octanol–water partition coefficient (Wildman–Crippen LogP) is 4.04. The highest BCUT2D eigenvalue weighted by Crippen LogP contribution is 2.30. The molecule has 0 unspecified atom stereocenters. The van der Waals surface area contributed by atoms with Gasteiger partial charge in [-0.25, -0.2) is 14.4 Å². The topological polar surface area (TPSA) is 37.8 Å². The molecule has 1 heterocycles. The van der Waals surface area contributed by atoms with Crippen LogP contribution in [0.25, 0.3) is 11.3 Å². The van der Waals surface area contributed by atoms with Crippen LogP contribution < -0.4 is 5.32 Å². The van der Waals surface area contributed by atoms with Crippen molar-refractivity contribution < 1.29 is 17.6 Å². The number of benzene rings is 1. The SMILES string of the molecule is CCNc1cc(-c2ccc(C)c(F)c2)nc(C(F)(F)F)n1. The molecule has 0 amide bonds. The second-order valence-electron chi connectivity index (χ2n) is 4.45. The molecule has 0 atom stereocenters. The summed E-state index contributed by atoms with van der Waals surface area (Å²) >= 11 is 0. The van der Waals surface area contributed by atoms with Crippen LogP contribution >= 0.6 is 0 Å². The average Bonchev–Trinajstić information content (AvgIpc) is 2.41. The van der Waals surface area contributed by atoms with Gasteiger partial charge in [0, 0.05) is 18.2 Å². The molecule has 0 aliphatic heterocycles. The average molecular weight is 299 g/mol. The zero-order valence-electron chi connectivity index (χ0n) is 11.4. The molecule has 21 heavy (non-hydrogen) atoms. The minimum Gasteiger partial charge on any atom is -0.370 e. The van der Waals surface area contributed by atoms with Crippen LogP contribution in [0.15, 0.2) is 24.3 Å². The lowest BCUT2D eigenvalue weighted by Crippen LogP contribution is -2.13. The van der Waals surface area contributed by atoms with E-state index in [9.17, 15) is 17.6 Å². The number of rotatable bonds is 3. The number of nitrogens with one attached hydrogen (secondary N) is 1. The Morgan fingerprint density at radius 3 is 2.43 bits per heavy atom. The van der Waals surface area contributed by atoms with Crippen LogP contribution in [0.2, 0.25) is 0 Å². The molecule has 0 aliphatic rings. The number of alkyl halides is 3. The summed E-state index contributed by atoms with van der Waals surface area (Å²) < 4.78 is 52.0. The van der Waals surface area contributed by atoms with E-state index in [1.165, 1.54) is 18.2 Å². The number of hydrogen-bond acceptors (Lipinski definition) is 3. The molecule has 1 N–H and O–H groups in total. The fraction of sp³-hybridized carbons (Fsp3) is 0.286. The second-order valence-corrected chi connectivity index (χ2v) is 4.45. The highest BCUT2D eigenvalue weighted by molar-refractivity contribution is 5.63. The lowest BCUT2D eigenvalue weighted by atomic mass is 10.1. The standard InChI is InChI=1S/C14H13F4N3/c1-3-19-12-7-11(20-13(21-12)14(16,17)18)9-5-4-8(2)10(15)6-9/h4-7H,3H2,1-2H3,(H,19,20,21). The summed E-state index contributed by atoms with van der Waals surface area (Å²) in [6.07, 6.45) is -4.66. The normalized spacial score (nSPS) is 11.5. The van der Waals surface area contributed by atoms with Crippen LogP contribution in [0.1, 0.15) is 18.3 Å². The Morgan fingerprint density at radius 2 is 1.86 bits per heavy atom. The van der Waals surface area contributed by atoms with Gasteiger partial charge in [-0.1, -0.05) is 12.1 Å². The van der Waals surface area contributed by atoms with Crippen molar-refractivity contribution in [2.45, 2.75) is 20.0 Å². The minimum atomic E-state index is -4.66. The molecular formula is C14H13F4N3. The molecule has 0 aliphatic carbocycles. The van der Waals surface area contributed by atoms with Gasteiger partial charge in [0.1, 0.15) is 11.6 Å². The first-order valence-corrected chi connectivity index (χ1v) is 6.28. The van der Waals surface area contributed by atoms with Crippen molar-refractivity contribution in [3.63, 3.8) is 0 Å². The van der Waals surface area contributed by atoms with Gasteiger partial charge in [0.25, 0.3) is 0 Å². The third kappa shape index (κ3) is 3.48. The Morgan fingerprint density at radius 1 is 1.14 bits per heavy atom. The fourth-order valence-electron chi connectivity index (χ4n) is 1.75. The van der Waals surface area contributed by atoms with Crippen molar-refractivity contribution in [2.75, 3.05) is 11.9 Å². The monoisotopic (exact) mass is 299 g/mol. The van der Waals surface area contributed by atoms with Crippen molar-refractivity contribution in [1.29, 1.82) is 0 Å². The maximum atomic E-state index is 13.6. The zero-order valence-corrected chi connectivity index (χ0v) is 11.4. The first-order valence-electron chi connectivity index (χ1n) is 6.28. The van der Waals surface area contributed by atoms with Gasteiger partial charge in [-0.3, -0.25) is 0 Å². The number of nitrogens with zero attached hydrogens (tertiary/aromatic N) is 2. The van der Waals surface area contributed by atoms with Crippen LogP contribution in [0, 0.1) is 12.7 Å². The van der Waals surface area contributed by atoms with E-state index in [-0.39, 0.29) is 17.1 Å². The predicted molar refractivity (Wildman–Crippen MR) is 71.3 cm³/mol. The third-order valence-electron chi connectivity index (χ3n) is 2.81. The quantitative estimate of drug-likeness (QED) is 0.869. The van der Waals surface area contributed by atoms with E-state index in [1.54, 1.807) is 13.8 Å². The molecule has 1 aromatic carbocycles. The van der Waals surface area contributed by atoms with Crippen molar-refractivity contribution >= 4 is 5.82 Å². The Kier molecular flexibility index (Phi) is 4.11. The van der Waals surface area contributed by atoms with E-state index in [4.69, 9.17) is 0 Å². The van der Waals surface area contributed by atoms with Crippen molar-refractivity contribution in [3.05, 3.63) is 41.5 Å². The number of halogens is 4. The first-order chi connectivity index (χ1) is 9.81. The van der Waals surface area contributed by atoms with Crippen LogP contribution in [-0.4, -0.2) is 16.5 Å². The summed E-state index contributed by atoms with van der Waals surface area (Å²) in [5, 5.41) is 2.71. The molecule has 3 nitrogen and oxygen atoms in total. The number of aromatic nitrogens is 2. The first kappa shape index (κ1) is 15.2. The minimum absolute atomic E-state index is 0.0205. The van der Waals surface area contributed by atoms with Gasteiger partial charge in [0.2, 0.25) is 5.82 Å². The van der Waals surface area contributed by atoms with E-state index in [2.05, 4.69) is 15.3 Å². The van der Waals surface area contributed by atoms with Crippen molar-refractivity contribution in [2.24, 2.45) is 0 Å². The van der Waals surface area contributed by atoms with E-state index >= 15 is 0 Å². The summed E-state index contributed by atoms with van der Waals surface area (Å²) in [5.74, 6) is -1.70. The molecule has 2 rings (SSSR count). The molecule has 0 saturated heterocycles. The van der Waals surface area contributed by atoms with Gasteiger partial charge in [0.05, 0.1) is 5.69 Å². The molecule has 2 aromatic rings. The summed E-state index contributed by atoms with van der Waals surface area (Å²) in [7, 11) is 0. The van der Waals surface area contributed by atoms with Gasteiger partial charge < -0.3 is 5.32 Å². The Bertz CT molecular complexity index is 653. The molecule has 0 fully saturated rings. The van der Waals surface area contributed by atoms with Crippen LogP contribution in [0.5, 0.6) is 0 Å². The third-order valence-corrected chi connectivity index (χ3v) is 2.81. The van der Waals surface area contributed by atoms with E-state index in [1.807, 2.05) is 0 Å². The zero-order chi connectivity index (χ0) is 15.6. The molecule has 112 valence electrons. The Labute approximate surface area is 119 Å². The summed E-state index contributed by atoms with van der Waals surface area (Å²) in [5.41, 5.74) is 0.702. The van der Waals surface area contributed by atoms with E-state index < -0.39 is 17.8 Å². The van der Waals surface area contributed by atoms with Crippen molar-refractivity contribution in [3.8, 4) is 11.3 Å². The van der Waals surface area contributed by atoms with Gasteiger partial charge in [-0.2, -0.15) is 13.2 Å². The van der Waals surface area contributed by atoms with Gasteiger partial charge in [-0.05, 0) is 25.5 Å². The Hall–Kier alpha value is -2.18. The van der Waals surface area contributed by atoms with Gasteiger partial charge >= 0.3 is 6.18 Å². The van der Waals surface area contributed by atoms with Crippen LogP contribution in [-0.2, 0) is 6.18 Å². The van der Waals surface area contributed by atoms with Crippen LogP contribution in [0.4, 0.5) is 23.4 Å². The fourth-order valence-corrected chi connectivity index (χ4v) is 1.75. The highest BCUT2D eigenvalue weighted by Gasteiger charge is 2.35. The Balaban J connectivity index is 2.56. The smallest absolute Gasteiger partial charge is 0.370 e. The second kappa shape index (κ2) is 5.67. The molecule has 0 radical (unpaired) electrons. The van der Waals surface area contributed by atoms with E-state index in [0.29, 0.717) is 12.1 Å². The summed E-state index contributed by atoms with van der Waals surface area (Å²) in [6, 6.07) is 5.54. The van der Waals surface area contributed by atoms with E-state index in [0.717, 1.165) is 6.07 Å². The van der Waals surface area contributed by atoms with Gasteiger partial charge in [-0.15, -0.1) is 0 Å². The van der Waals surface area contributed by atoms with Crippen molar-refractivity contribution in [1.82, 2.24) is 9.97 Å². The largest absolute Gasteiger partial charge is 0.451 e. The van der Waals surface area contributed by atoms with Gasteiger partial charge in [0.15, 0.2) is 0 Å². The molecule has 7 heteroatoms. The number of hydrogen-bond donors (Lipinski definition) is 1. The highest BCUT2D eigenvalue weighted by atomic mass is 19.4. The molecule has 0 spiro atoms. The summed E-state index contributed by atoms with van der Waals surface area (Å²) in [4.78, 5) is 6.90.